The van der Waals surface area contributed by atoms with Crippen LogP contribution in [0.15, 0.2) is 22.7 Å². The second-order valence-corrected chi connectivity index (χ2v) is 5.62. The monoisotopic (exact) mass is 284 g/mol. The second kappa shape index (κ2) is 4.76. The summed E-state index contributed by atoms with van der Waals surface area (Å²) in [5.41, 5.74) is 1.22. The first-order valence-corrected chi connectivity index (χ1v) is 6.49. The maximum absolute atomic E-state index is 9.23. The van der Waals surface area contributed by atoms with E-state index in [2.05, 4.69) is 35.8 Å². The molecular weight excluding hydrogens is 268 g/mol. The molecule has 1 aromatic rings. The lowest BCUT2D eigenvalue weighted by molar-refractivity contribution is -0.0112. The first-order chi connectivity index (χ1) is 7.56. The molecule has 1 aromatic carbocycles. The lowest BCUT2D eigenvalue weighted by Gasteiger charge is -2.32. The van der Waals surface area contributed by atoms with Gasteiger partial charge in [0.1, 0.15) is 11.9 Å². The van der Waals surface area contributed by atoms with Gasteiger partial charge in [0.15, 0.2) is 0 Å². The van der Waals surface area contributed by atoms with Crippen LogP contribution >= 0.6 is 15.9 Å². The van der Waals surface area contributed by atoms with Gasteiger partial charge in [0.2, 0.25) is 0 Å². The lowest BCUT2D eigenvalue weighted by Crippen LogP contribution is -2.37. The molecule has 0 amide bonds. The Morgan fingerprint density at radius 2 is 2.06 bits per heavy atom. The van der Waals surface area contributed by atoms with Crippen LogP contribution in [0.2, 0.25) is 0 Å². The first kappa shape index (κ1) is 11.9. The molecule has 1 aliphatic carbocycles. The molecule has 0 radical (unpaired) electrons. The van der Waals surface area contributed by atoms with E-state index in [-0.39, 0.29) is 12.2 Å². The van der Waals surface area contributed by atoms with Crippen molar-refractivity contribution in [3.05, 3.63) is 28.2 Å². The molecule has 88 valence electrons. The van der Waals surface area contributed by atoms with Crippen molar-refractivity contribution < 1.29 is 9.84 Å². The summed E-state index contributed by atoms with van der Waals surface area (Å²) >= 11 is 3.48. The van der Waals surface area contributed by atoms with Gasteiger partial charge in [0, 0.05) is 17.3 Å². The lowest BCUT2D eigenvalue weighted by atomic mass is 9.92. The zero-order valence-corrected chi connectivity index (χ0v) is 11.2. The van der Waals surface area contributed by atoms with E-state index < -0.39 is 0 Å². The Balaban J connectivity index is 2.13. The summed E-state index contributed by atoms with van der Waals surface area (Å²) in [5.74, 6) is 1.40. The number of ether oxygens (including phenoxy) is 1. The highest BCUT2D eigenvalue weighted by molar-refractivity contribution is 9.10. The maximum Gasteiger partial charge on any atom is 0.123 e. The van der Waals surface area contributed by atoms with E-state index in [4.69, 9.17) is 4.74 Å². The van der Waals surface area contributed by atoms with Crippen LogP contribution in [0.25, 0.3) is 0 Å². The molecule has 0 atom stereocenters. The number of halogens is 1. The normalized spacial score (nSPS) is 24.3. The molecule has 3 heteroatoms. The number of aliphatic hydroxyl groups is 1. The van der Waals surface area contributed by atoms with E-state index in [0.717, 1.165) is 23.1 Å². The molecule has 1 aliphatic rings. The average Bonchev–Trinajstić information content (AvgIpc) is 2.17. The van der Waals surface area contributed by atoms with Crippen molar-refractivity contribution in [2.45, 2.75) is 44.8 Å². The Hall–Kier alpha value is -0.540. The smallest absolute Gasteiger partial charge is 0.123 e. The summed E-state index contributed by atoms with van der Waals surface area (Å²) in [7, 11) is 0. The van der Waals surface area contributed by atoms with Crippen molar-refractivity contribution in [2.75, 3.05) is 0 Å². The zero-order valence-electron chi connectivity index (χ0n) is 9.61. The Kier molecular flexibility index (Phi) is 3.55. The fraction of sp³-hybridized carbons (Fsp3) is 0.538. The molecule has 0 saturated heterocycles. The summed E-state index contributed by atoms with van der Waals surface area (Å²) in [6.07, 6.45) is 1.54. The zero-order chi connectivity index (χ0) is 11.7. The molecule has 1 saturated carbocycles. The average molecular weight is 285 g/mol. The number of hydrogen-bond acceptors (Lipinski definition) is 2. The number of hydrogen-bond donors (Lipinski definition) is 1. The quantitative estimate of drug-likeness (QED) is 0.921. The van der Waals surface area contributed by atoms with Crippen LogP contribution in [-0.2, 0) is 0 Å². The van der Waals surface area contributed by atoms with Crippen molar-refractivity contribution in [2.24, 2.45) is 0 Å². The van der Waals surface area contributed by atoms with Gasteiger partial charge in [-0.15, -0.1) is 0 Å². The molecule has 1 fully saturated rings. The van der Waals surface area contributed by atoms with E-state index in [1.165, 1.54) is 5.56 Å². The number of rotatable bonds is 3. The minimum absolute atomic E-state index is 0.164. The van der Waals surface area contributed by atoms with Gasteiger partial charge in [-0.25, -0.2) is 0 Å². The van der Waals surface area contributed by atoms with Gasteiger partial charge in [-0.2, -0.15) is 0 Å². The van der Waals surface area contributed by atoms with E-state index in [1.54, 1.807) is 0 Å². The largest absolute Gasteiger partial charge is 0.490 e. The van der Waals surface area contributed by atoms with Crippen LogP contribution in [0.3, 0.4) is 0 Å². The SMILES string of the molecule is CC(C)c1cc(Br)ccc1OC1CC(O)C1. The Morgan fingerprint density at radius 3 is 2.62 bits per heavy atom. The van der Waals surface area contributed by atoms with Crippen molar-refractivity contribution in [3.8, 4) is 5.75 Å². The third-order valence-electron chi connectivity index (χ3n) is 2.96. The Labute approximate surface area is 105 Å². The van der Waals surface area contributed by atoms with Crippen molar-refractivity contribution in [1.29, 1.82) is 0 Å². The van der Waals surface area contributed by atoms with E-state index >= 15 is 0 Å². The van der Waals surface area contributed by atoms with Gasteiger partial charge < -0.3 is 9.84 Å². The third-order valence-corrected chi connectivity index (χ3v) is 3.45. The fourth-order valence-electron chi connectivity index (χ4n) is 1.89. The predicted molar refractivity (Wildman–Crippen MR) is 67.9 cm³/mol. The minimum Gasteiger partial charge on any atom is -0.490 e. The Bertz CT molecular complexity index is 370. The van der Waals surface area contributed by atoms with Crippen molar-refractivity contribution in [3.63, 3.8) is 0 Å². The van der Waals surface area contributed by atoms with E-state index in [0.29, 0.717) is 5.92 Å². The van der Waals surface area contributed by atoms with Gasteiger partial charge in [0.25, 0.3) is 0 Å². The van der Waals surface area contributed by atoms with Crippen LogP contribution in [0, 0.1) is 0 Å². The van der Waals surface area contributed by atoms with Crippen LogP contribution in [0.5, 0.6) is 5.75 Å². The predicted octanol–water partition coefficient (Wildman–Crippen LogP) is 3.47. The van der Waals surface area contributed by atoms with Crippen molar-refractivity contribution in [1.82, 2.24) is 0 Å². The van der Waals surface area contributed by atoms with Crippen LogP contribution in [0.4, 0.5) is 0 Å². The summed E-state index contributed by atoms with van der Waals surface area (Å²) in [5, 5.41) is 9.23. The van der Waals surface area contributed by atoms with Gasteiger partial charge in [-0.1, -0.05) is 29.8 Å². The highest BCUT2D eigenvalue weighted by Crippen LogP contribution is 2.33. The fourth-order valence-corrected chi connectivity index (χ4v) is 2.27. The molecule has 0 heterocycles. The second-order valence-electron chi connectivity index (χ2n) is 4.70. The molecule has 0 spiro atoms. The maximum atomic E-state index is 9.23. The molecular formula is C13H17BrO2. The molecule has 1 N–H and O–H groups in total. The van der Waals surface area contributed by atoms with Crippen LogP contribution in [0.1, 0.15) is 38.2 Å². The van der Waals surface area contributed by atoms with Gasteiger partial charge in [-0.05, 0) is 29.7 Å². The highest BCUT2D eigenvalue weighted by Gasteiger charge is 2.29. The van der Waals surface area contributed by atoms with E-state index in [9.17, 15) is 5.11 Å². The van der Waals surface area contributed by atoms with Gasteiger partial charge in [0.05, 0.1) is 6.10 Å². The van der Waals surface area contributed by atoms with Crippen LogP contribution < -0.4 is 4.74 Å². The molecule has 0 aliphatic heterocycles. The molecule has 2 rings (SSSR count). The van der Waals surface area contributed by atoms with Gasteiger partial charge >= 0.3 is 0 Å². The standard InChI is InChI=1S/C13H17BrO2/c1-8(2)12-5-9(14)3-4-13(12)16-11-6-10(15)7-11/h3-5,8,10-11,15H,6-7H2,1-2H3. The van der Waals surface area contributed by atoms with Crippen LogP contribution in [-0.4, -0.2) is 17.3 Å². The Morgan fingerprint density at radius 1 is 1.38 bits per heavy atom. The summed E-state index contributed by atoms with van der Waals surface area (Å²) in [6, 6.07) is 6.11. The molecule has 0 aromatic heterocycles. The first-order valence-electron chi connectivity index (χ1n) is 5.70. The topological polar surface area (TPSA) is 29.5 Å². The summed E-state index contributed by atoms with van der Waals surface area (Å²) in [4.78, 5) is 0. The number of benzene rings is 1. The third kappa shape index (κ3) is 2.58. The highest BCUT2D eigenvalue weighted by atomic mass is 79.9. The summed E-state index contributed by atoms with van der Waals surface area (Å²) < 4.78 is 6.97. The molecule has 0 unspecified atom stereocenters. The summed E-state index contributed by atoms with van der Waals surface area (Å²) in [6.45, 7) is 4.31. The van der Waals surface area contributed by atoms with Gasteiger partial charge in [-0.3, -0.25) is 0 Å². The van der Waals surface area contributed by atoms with Crippen molar-refractivity contribution >= 4 is 15.9 Å². The number of aliphatic hydroxyl groups excluding tert-OH is 1. The molecule has 16 heavy (non-hydrogen) atoms. The molecule has 0 bridgehead atoms. The minimum atomic E-state index is -0.164. The van der Waals surface area contributed by atoms with E-state index in [1.807, 2.05) is 12.1 Å². The molecule has 2 nitrogen and oxygen atoms in total.